The number of hydrogen-bond donors (Lipinski definition) is 1. The molecular weight excluding hydrogens is 232 g/mol. The molecule has 0 amide bonds. The van der Waals surface area contributed by atoms with Crippen molar-refractivity contribution in [3.05, 3.63) is 65.0 Å². The van der Waals surface area contributed by atoms with Gasteiger partial charge in [-0.2, -0.15) is 0 Å². The van der Waals surface area contributed by atoms with Crippen LogP contribution in [0.1, 0.15) is 41.9 Å². The largest absolute Gasteiger partial charge is 0.304 e. The first-order valence-corrected chi connectivity index (χ1v) is 6.91. The van der Waals surface area contributed by atoms with Crippen LogP contribution in [0.25, 0.3) is 0 Å². The van der Waals surface area contributed by atoms with Crippen LogP contribution in [0.15, 0.2) is 42.5 Å². The quantitative estimate of drug-likeness (QED) is 0.874. The maximum absolute atomic E-state index is 4.52. The van der Waals surface area contributed by atoms with Crippen LogP contribution >= 0.6 is 0 Å². The summed E-state index contributed by atoms with van der Waals surface area (Å²) in [6.45, 7) is 7.17. The SMILES string of the molecule is CCC(NCc1cccc(C)n1)c1ccc(C)cc1. The first kappa shape index (κ1) is 13.8. The first-order chi connectivity index (χ1) is 9.19. The molecule has 0 aliphatic carbocycles. The Bertz CT molecular complexity index is 517. The van der Waals surface area contributed by atoms with Crippen LogP contribution in [0.2, 0.25) is 0 Å². The minimum atomic E-state index is 0.392. The number of benzene rings is 1. The van der Waals surface area contributed by atoms with Crippen molar-refractivity contribution < 1.29 is 0 Å². The Morgan fingerprint density at radius 1 is 1.05 bits per heavy atom. The molecule has 2 heteroatoms. The summed E-state index contributed by atoms with van der Waals surface area (Å²) < 4.78 is 0. The molecule has 0 bridgehead atoms. The molecule has 19 heavy (non-hydrogen) atoms. The average molecular weight is 254 g/mol. The van der Waals surface area contributed by atoms with E-state index >= 15 is 0 Å². The molecule has 2 nitrogen and oxygen atoms in total. The van der Waals surface area contributed by atoms with Crippen LogP contribution in [0.4, 0.5) is 0 Å². The van der Waals surface area contributed by atoms with Crippen LogP contribution < -0.4 is 5.32 Å². The van der Waals surface area contributed by atoms with Gasteiger partial charge < -0.3 is 5.32 Å². The molecule has 2 rings (SSSR count). The Labute approximate surface area is 115 Å². The predicted molar refractivity (Wildman–Crippen MR) is 80.0 cm³/mol. The Morgan fingerprint density at radius 2 is 1.79 bits per heavy atom. The van der Waals surface area contributed by atoms with E-state index in [0.717, 1.165) is 24.4 Å². The standard InChI is InChI=1S/C17H22N2/c1-4-17(15-10-8-13(2)9-11-15)18-12-16-7-5-6-14(3)19-16/h5-11,17-18H,4,12H2,1-3H3. The lowest BCUT2D eigenvalue weighted by Gasteiger charge is -2.17. The van der Waals surface area contributed by atoms with Gasteiger partial charge in [0.2, 0.25) is 0 Å². The summed E-state index contributed by atoms with van der Waals surface area (Å²) in [6.07, 6.45) is 1.08. The third-order valence-electron chi connectivity index (χ3n) is 3.36. The summed E-state index contributed by atoms with van der Waals surface area (Å²) >= 11 is 0. The van der Waals surface area contributed by atoms with Gasteiger partial charge in [-0.15, -0.1) is 0 Å². The van der Waals surface area contributed by atoms with Crippen molar-refractivity contribution >= 4 is 0 Å². The minimum Gasteiger partial charge on any atom is -0.304 e. The van der Waals surface area contributed by atoms with Gasteiger partial charge in [-0.25, -0.2) is 0 Å². The van der Waals surface area contributed by atoms with Gasteiger partial charge >= 0.3 is 0 Å². The molecule has 0 aliphatic heterocycles. The summed E-state index contributed by atoms with van der Waals surface area (Å²) in [5.41, 5.74) is 4.83. The number of rotatable bonds is 5. The Hall–Kier alpha value is -1.67. The van der Waals surface area contributed by atoms with E-state index in [0.29, 0.717) is 6.04 Å². The summed E-state index contributed by atoms with van der Waals surface area (Å²) in [6, 6.07) is 15.3. The third-order valence-corrected chi connectivity index (χ3v) is 3.36. The zero-order valence-electron chi connectivity index (χ0n) is 12.0. The number of hydrogen-bond acceptors (Lipinski definition) is 2. The molecule has 1 unspecified atom stereocenters. The lowest BCUT2D eigenvalue weighted by atomic mass is 10.0. The molecule has 1 heterocycles. The normalized spacial score (nSPS) is 12.4. The molecule has 0 spiro atoms. The second-order valence-corrected chi connectivity index (χ2v) is 5.02. The van der Waals surface area contributed by atoms with Crippen LogP contribution in [0, 0.1) is 13.8 Å². The molecule has 0 aliphatic rings. The first-order valence-electron chi connectivity index (χ1n) is 6.91. The highest BCUT2D eigenvalue weighted by Crippen LogP contribution is 2.17. The van der Waals surface area contributed by atoms with Crippen molar-refractivity contribution in [2.45, 2.75) is 39.8 Å². The molecule has 2 aromatic rings. The Balaban J connectivity index is 2.01. The third kappa shape index (κ3) is 3.90. The van der Waals surface area contributed by atoms with Gasteiger partial charge in [-0.3, -0.25) is 4.98 Å². The number of nitrogens with one attached hydrogen (secondary N) is 1. The van der Waals surface area contributed by atoms with E-state index in [1.807, 2.05) is 13.0 Å². The Kier molecular flexibility index (Phi) is 4.69. The number of pyridine rings is 1. The van der Waals surface area contributed by atoms with E-state index in [-0.39, 0.29) is 0 Å². The summed E-state index contributed by atoms with van der Waals surface area (Å²) in [7, 11) is 0. The molecule has 0 saturated heterocycles. The van der Waals surface area contributed by atoms with E-state index in [2.05, 4.69) is 60.5 Å². The molecular formula is C17H22N2. The minimum absolute atomic E-state index is 0.392. The smallest absolute Gasteiger partial charge is 0.0545 e. The zero-order valence-corrected chi connectivity index (χ0v) is 12.0. The fourth-order valence-corrected chi connectivity index (χ4v) is 2.22. The van der Waals surface area contributed by atoms with Crippen LogP contribution in [-0.2, 0) is 6.54 Å². The van der Waals surface area contributed by atoms with E-state index in [9.17, 15) is 0 Å². The second kappa shape index (κ2) is 6.48. The number of aryl methyl sites for hydroxylation is 2. The summed E-state index contributed by atoms with van der Waals surface area (Å²) in [4.78, 5) is 4.52. The topological polar surface area (TPSA) is 24.9 Å². The highest BCUT2D eigenvalue weighted by atomic mass is 14.9. The fraction of sp³-hybridized carbons (Fsp3) is 0.353. The fourth-order valence-electron chi connectivity index (χ4n) is 2.22. The van der Waals surface area contributed by atoms with E-state index < -0.39 is 0 Å². The zero-order chi connectivity index (χ0) is 13.7. The van der Waals surface area contributed by atoms with Gasteiger partial charge in [0.25, 0.3) is 0 Å². The number of nitrogens with zero attached hydrogens (tertiary/aromatic N) is 1. The molecule has 1 atom stereocenters. The van der Waals surface area contributed by atoms with E-state index in [1.54, 1.807) is 0 Å². The van der Waals surface area contributed by atoms with E-state index in [4.69, 9.17) is 0 Å². The highest BCUT2D eigenvalue weighted by Gasteiger charge is 2.08. The number of aromatic nitrogens is 1. The Morgan fingerprint density at radius 3 is 2.42 bits per heavy atom. The van der Waals surface area contributed by atoms with Gasteiger partial charge in [-0.05, 0) is 38.0 Å². The van der Waals surface area contributed by atoms with Crippen molar-refractivity contribution in [3.63, 3.8) is 0 Å². The van der Waals surface area contributed by atoms with E-state index in [1.165, 1.54) is 11.1 Å². The van der Waals surface area contributed by atoms with Gasteiger partial charge in [0.1, 0.15) is 0 Å². The van der Waals surface area contributed by atoms with Crippen molar-refractivity contribution in [1.82, 2.24) is 10.3 Å². The van der Waals surface area contributed by atoms with Crippen LogP contribution in [0.5, 0.6) is 0 Å². The van der Waals surface area contributed by atoms with Gasteiger partial charge in [0.05, 0.1) is 5.69 Å². The van der Waals surface area contributed by atoms with Gasteiger partial charge in [-0.1, -0.05) is 42.8 Å². The van der Waals surface area contributed by atoms with Crippen molar-refractivity contribution in [3.8, 4) is 0 Å². The van der Waals surface area contributed by atoms with Gasteiger partial charge in [0.15, 0.2) is 0 Å². The molecule has 1 aromatic heterocycles. The predicted octanol–water partition coefficient (Wildman–Crippen LogP) is 3.94. The van der Waals surface area contributed by atoms with Crippen molar-refractivity contribution in [2.75, 3.05) is 0 Å². The van der Waals surface area contributed by atoms with Crippen molar-refractivity contribution in [1.29, 1.82) is 0 Å². The molecule has 1 N–H and O–H groups in total. The lowest BCUT2D eigenvalue weighted by Crippen LogP contribution is -2.20. The maximum Gasteiger partial charge on any atom is 0.0545 e. The molecule has 0 fully saturated rings. The molecule has 100 valence electrons. The molecule has 0 saturated carbocycles. The summed E-state index contributed by atoms with van der Waals surface area (Å²) in [5, 5.41) is 3.59. The second-order valence-electron chi connectivity index (χ2n) is 5.02. The van der Waals surface area contributed by atoms with Crippen LogP contribution in [0.3, 0.4) is 0 Å². The lowest BCUT2D eigenvalue weighted by molar-refractivity contribution is 0.514. The van der Waals surface area contributed by atoms with Crippen molar-refractivity contribution in [2.24, 2.45) is 0 Å². The average Bonchev–Trinajstić information content (AvgIpc) is 2.41. The maximum atomic E-state index is 4.52. The molecule has 0 radical (unpaired) electrons. The highest BCUT2D eigenvalue weighted by molar-refractivity contribution is 5.24. The van der Waals surface area contributed by atoms with Gasteiger partial charge in [0, 0.05) is 18.3 Å². The summed E-state index contributed by atoms with van der Waals surface area (Å²) in [5.74, 6) is 0. The molecule has 1 aromatic carbocycles. The van der Waals surface area contributed by atoms with Crippen LogP contribution in [-0.4, -0.2) is 4.98 Å². The monoisotopic (exact) mass is 254 g/mol.